The molecule has 22 heteroatoms. The zero-order chi connectivity index (χ0) is 33.7. The number of aliphatic hydroxyl groups excluding tert-OH is 1. The van der Waals surface area contributed by atoms with Crippen LogP contribution < -0.4 is 0 Å². The summed E-state index contributed by atoms with van der Waals surface area (Å²) in [5.74, 6) is -47.6. The predicted molar refractivity (Wildman–Crippen MR) is 108 cm³/mol. The van der Waals surface area contributed by atoms with Crippen molar-refractivity contribution in [1.82, 2.24) is 0 Å². The molecule has 0 amide bonds. The molecular weight excluding hydrogens is 643 g/mol. The fourth-order valence-electron chi connectivity index (χ4n) is 2.63. The average Bonchev–Trinajstić information content (AvgIpc) is 2.76. The van der Waals surface area contributed by atoms with E-state index in [1.807, 2.05) is 0 Å². The van der Waals surface area contributed by atoms with E-state index in [-0.39, 0.29) is 6.10 Å². The first kappa shape index (κ1) is 42.0. The van der Waals surface area contributed by atoms with Crippen molar-refractivity contribution in [3.8, 4) is 0 Å². The number of aliphatic hydroxyl groups is 1. The SMILES string of the molecule is CC(C)O.CCO[Si](OCC)(OCC)C(F)(F)C(F)(F)C(F)(F)C(F)(F)C(F)(F)C(F)(F)C(F)(F)CCC(F)(F)F. The van der Waals surface area contributed by atoms with Crippen molar-refractivity contribution in [1.29, 1.82) is 0 Å². The fourth-order valence-corrected chi connectivity index (χ4v) is 5.11. The molecule has 0 aliphatic heterocycles. The van der Waals surface area contributed by atoms with E-state index in [1.165, 1.54) is 0 Å². The molecule has 0 aromatic rings. The van der Waals surface area contributed by atoms with E-state index in [0.717, 1.165) is 20.8 Å². The second-order valence-electron chi connectivity index (χ2n) is 8.21. The summed E-state index contributed by atoms with van der Waals surface area (Å²) >= 11 is 0. The Kier molecular flexibility index (Phi) is 14.0. The molecule has 0 saturated carbocycles. The standard InChI is InChI=1S/C16H19F17O3Si.C3H8O/c1-4-34-37(35-5-2,36-6-3)16(32,33)15(30,31)14(28,29)13(26,27)12(24,25)11(22,23)9(17,18)7-8-10(19,20)21;1-3(2)4/h4-8H2,1-3H3;3-4H,1-2H3. The molecule has 0 bridgehead atoms. The lowest BCUT2D eigenvalue weighted by atomic mass is 9.90. The molecule has 4 nitrogen and oxygen atoms in total. The molecule has 0 rings (SSSR count). The maximum Gasteiger partial charge on any atom is 0.582 e. The van der Waals surface area contributed by atoms with Gasteiger partial charge in [-0.3, -0.25) is 0 Å². The third kappa shape index (κ3) is 8.08. The summed E-state index contributed by atoms with van der Waals surface area (Å²) in [5, 5.41) is 8.06. The van der Waals surface area contributed by atoms with Crippen molar-refractivity contribution in [2.45, 2.75) is 101 Å². The van der Waals surface area contributed by atoms with E-state index in [4.69, 9.17) is 5.11 Å². The van der Waals surface area contributed by atoms with Gasteiger partial charge in [-0.2, -0.15) is 74.6 Å². The number of hydrogen-bond donors (Lipinski definition) is 1. The monoisotopic (exact) mass is 670 g/mol. The third-order valence-corrected chi connectivity index (χ3v) is 7.63. The van der Waals surface area contributed by atoms with Gasteiger partial charge in [0.1, 0.15) is 0 Å². The lowest BCUT2D eigenvalue weighted by Gasteiger charge is -2.45. The molecule has 0 saturated heterocycles. The van der Waals surface area contributed by atoms with Gasteiger partial charge in [0.25, 0.3) is 0 Å². The van der Waals surface area contributed by atoms with Crippen LogP contribution in [0.15, 0.2) is 0 Å². The summed E-state index contributed by atoms with van der Waals surface area (Å²) < 4.78 is 245. The lowest BCUT2D eigenvalue weighted by Crippen LogP contribution is -2.78. The minimum atomic E-state index is -8.44. The number of rotatable bonds is 15. The Morgan fingerprint density at radius 3 is 1.05 bits per heavy atom. The highest BCUT2D eigenvalue weighted by molar-refractivity contribution is 6.63. The van der Waals surface area contributed by atoms with Gasteiger partial charge in [0.2, 0.25) is 0 Å². The highest BCUT2D eigenvalue weighted by Crippen LogP contribution is 2.63. The van der Waals surface area contributed by atoms with Crippen molar-refractivity contribution >= 4 is 8.80 Å². The van der Waals surface area contributed by atoms with Crippen molar-refractivity contribution < 1.29 is 93.0 Å². The smallest absolute Gasteiger partial charge is 0.394 e. The minimum absolute atomic E-state index is 0.167. The summed E-state index contributed by atoms with van der Waals surface area (Å²) in [6, 6.07) is 0. The van der Waals surface area contributed by atoms with Crippen LogP contribution in [0.2, 0.25) is 0 Å². The van der Waals surface area contributed by atoms with E-state index in [2.05, 4.69) is 13.3 Å². The largest absolute Gasteiger partial charge is 0.582 e. The lowest BCUT2D eigenvalue weighted by molar-refractivity contribution is -0.439. The highest BCUT2D eigenvalue weighted by atomic mass is 28.4. The summed E-state index contributed by atoms with van der Waals surface area (Å²) in [6.07, 6.45) is -12.4. The van der Waals surface area contributed by atoms with Crippen molar-refractivity contribution in [3.05, 3.63) is 0 Å². The molecule has 250 valence electrons. The Hall–Kier alpha value is -1.13. The molecule has 0 aromatic carbocycles. The molecule has 0 aromatic heterocycles. The molecule has 0 aliphatic carbocycles. The van der Waals surface area contributed by atoms with Gasteiger partial charge in [-0.05, 0) is 34.6 Å². The molecule has 0 fully saturated rings. The third-order valence-electron chi connectivity index (χ3n) is 4.54. The van der Waals surface area contributed by atoms with E-state index in [0.29, 0.717) is 0 Å². The summed E-state index contributed by atoms with van der Waals surface area (Å²) in [5.41, 5.74) is -6.79. The number of halogens is 17. The van der Waals surface area contributed by atoms with E-state index in [1.54, 1.807) is 13.8 Å². The molecule has 0 aliphatic rings. The van der Waals surface area contributed by atoms with Gasteiger partial charge in [0.15, 0.2) is 0 Å². The average molecular weight is 670 g/mol. The fraction of sp³-hybridized carbons (Fsp3) is 1.00. The zero-order valence-corrected chi connectivity index (χ0v) is 22.7. The highest BCUT2D eigenvalue weighted by Gasteiger charge is 2.95. The van der Waals surface area contributed by atoms with Crippen LogP contribution in [-0.2, 0) is 13.3 Å². The van der Waals surface area contributed by atoms with Gasteiger partial charge in [0.05, 0.1) is 0 Å². The van der Waals surface area contributed by atoms with Gasteiger partial charge < -0.3 is 18.4 Å². The molecule has 41 heavy (non-hydrogen) atoms. The Labute approximate surface area is 223 Å². The molecule has 0 unspecified atom stereocenters. The molecule has 0 heterocycles. The first-order valence-electron chi connectivity index (χ1n) is 11.2. The van der Waals surface area contributed by atoms with E-state index >= 15 is 0 Å². The van der Waals surface area contributed by atoms with Gasteiger partial charge in [-0.1, -0.05) is 0 Å². The molecule has 1 N–H and O–H groups in total. The van der Waals surface area contributed by atoms with Crippen molar-refractivity contribution in [3.63, 3.8) is 0 Å². The van der Waals surface area contributed by atoms with Crippen molar-refractivity contribution in [2.75, 3.05) is 19.8 Å². The van der Waals surface area contributed by atoms with Crippen LogP contribution in [0.25, 0.3) is 0 Å². The molecular formula is C19H27F17O4Si. The van der Waals surface area contributed by atoms with Crippen LogP contribution in [0.4, 0.5) is 74.6 Å². The maximum absolute atomic E-state index is 14.7. The quantitative estimate of drug-likeness (QED) is 0.143. The Balaban J connectivity index is 0. The first-order chi connectivity index (χ1) is 17.9. The molecule has 0 atom stereocenters. The predicted octanol–water partition coefficient (Wildman–Crippen LogP) is 7.75. The topological polar surface area (TPSA) is 47.9 Å². The summed E-state index contributed by atoms with van der Waals surface area (Å²) in [7, 11) is -6.62. The van der Waals surface area contributed by atoms with Crippen LogP contribution in [0.3, 0.4) is 0 Å². The van der Waals surface area contributed by atoms with E-state index < -0.39 is 88.7 Å². The summed E-state index contributed by atoms with van der Waals surface area (Å²) in [4.78, 5) is 0. The Morgan fingerprint density at radius 1 is 0.512 bits per heavy atom. The van der Waals surface area contributed by atoms with E-state index in [9.17, 15) is 74.6 Å². The molecule has 0 spiro atoms. The molecule has 0 radical (unpaired) electrons. The normalized spacial score (nSPS) is 15.2. The Bertz CT molecular complexity index is 783. The Morgan fingerprint density at radius 2 is 0.780 bits per heavy atom. The van der Waals surface area contributed by atoms with Crippen LogP contribution >= 0.6 is 0 Å². The van der Waals surface area contributed by atoms with Gasteiger partial charge >= 0.3 is 56.1 Å². The minimum Gasteiger partial charge on any atom is -0.394 e. The van der Waals surface area contributed by atoms with Crippen LogP contribution in [0.5, 0.6) is 0 Å². The van der Waals surface area contributed by atoms with Crippen LogP contribution in [-0.4, -0.2) is 87.1 Å². The van der Waals surface area contributed by atoms with Crippen LogP contribution in [0.1, 0.15) is 47.5 Å². The second-order valence-corrected chi connectivity index (χ2v) is 10.8. The zero-order valence-electron chi connectivity index (χ0n) is 21.7. The number of alkyl halides is 17. The first-order valence-corrected chi connectivity index (χ1v) is 12.9. The van der Waals surface area contributed by atoms with Crippen molar-refractivity contribution in [2.24, 2.45) is 0 Å². The second kappa shape index (κ2) is 13.7. The number of hydrogen-bond acceptors (Lipinski definition) is 4. The van der Waals surface area contributed by atoms with Crippen LogP contribution in [0, 0.1) is 0 Å². The van der Waals surface area contributed by atoms with Gasteiger partial charge in [-0.25, -0.2) is 0 Å². The maximum atomic E-state index is 14.7. The summed E-state index contributed by atoms with van der Waals surface area (Å²) in [6.45, 7) is 2.40. The van der Waals surface area contributed by atoms with Gasteiger partial charge in [0, 0.05) is 38.8 Å². The van der Waals surface area contributed by atoms with Gasteiger partial charge in [-0.15, -0.1) is 0 Å².